The summed E-state index contributed by atoms with van der Waals surface area (Å²) in [4.78, 5) is 11.4. The summed E-state index contributed by atoms with van der Waals surface area (Å²) < 4.78 is 0. The van der Waals surface area contributed by atoms with E-state index in [2.05, 4.69) is 6.92 Å². The Hall–Kier alpha value is -0.330. The van der Waals surface area contributed by atoms with Gasteiger partial charge in [-0.05, 0) is 30.6 Å². The summed E-state index contributed by atoms with van der Waals surface area (Å²) in [5.41, 5.74) is 0.454. The summed E-state index contributed by atoms with van der Waals surface area (Å²) in [6.45, 7) is 2.34. The van der Waals surface area contributed by atoms with Crippen LogP contribution in [0.4, 0.5) is 0 Å². The highest BCUT2D eigenvalue weighted by atomic mass is 16.1. The first kappa shape index (κ1) is 8.28. The molecule has 2 atom stereocenters. The fourth-order valence-electron chi connectivity index (χ4n) is 3.15. The molecule has 0 aromatic heterocycles. The van der Waals surface area contributed by atoms with Crippen LogP contribution in [-0.4, -0.2) is 5.78 Å². The summed E-state index contributed by atoms with van der Waals surface area (Å²) in [6.07, 6.45) is 8.26. The van der Waals surface area contributed by atoms with Crippen LogP contribution < -0.4 is 0 Å². The second-order valence-electron chi connectivity index (χ2n) is 4.72. The van der Waals surface area contributed by atoms with Crippen LogP contribution in [0, 0.1) is 11.3 Å². The first-order valence-electron chi connectivity index (χ1n) is 5.25. The molecule has 0 aromatic carbocycles. The van der Waals surface area contributed by atoms with E-state index in [-0.39, 0.29) is 0 Å². The lowest BCUT2D eigenvalue weighted by Crippen LogP contribution is -2.30. The quantitative estimate of drug-likeness (QED) is 0.540. The number of carbonyl (C=O) groups is 1. The molecule has 0 radical (unpaired) electrons. The summed E-state index contributed by atoms with van der Waals surface area (Å²) in [5.74, 6) is 1.33. The highest BCUT2D eigenvalue weighted by Gasteiger charge is 2.42. The van der Waals surface area contributed by atoms with Gasteiger partial charge in [0.2, 0.25) is 0 Å². The van der Waals surface area contributed by atoms with Crippen molar-refractivity contribution in [2.75, 3.05) is 0 Å². The Morgan fingerprint density at radius 2 is 2.08 bits per heavy atom. The van der Waals surface area contributed by atoms with Gasteiger partial charge in [0.05, 0.1) is 0 Å². The SMILES string of the molecule is C[C@H]1CCC[C@]12CCCC(=O)C2. The molecule has 0 aromatic rings. The van der Waals surface area contributed by atoms with E-state index in [4.69, 9.17) is 0 Å². The molecule has 0 amide bonds. The standard InChI is InChI=1S/C11H18O/c1-9-4-2-6-11(9)7-3-5-10(12)8-11/h9H,2-8H2,1H3/t9-,11+/m0/s1. The molecule has 2 aliphatic rings. The molecule has 2 saturated carbocycles. The molecule has 2 fully saturated rings. The lowest BCUT2D eigenvalue weighted by Gasteiger charge is -2.36. The molecule has 0 aliphatic heterocycles. The van der Waals surface area contributed by atoms with Crippen molar-refractivity contribution in [3.63, 3.8) is 0 Å². The fourth-order valence-corrected chi connectivity index (χ4v) is 3.15. The van der Waals surface area contributed by atoms with E-state index < -0.39 is 0 Å². The number of carbonyl (C=O) groups excluding carboxylic acids is 1. The maximum absolute atomic E-state index is 11.4. The number of rotatable bonds is 0. The van der Waals surface area contributed by atoms with Crippen LogP contribution in [0.2, 0.25) is 0 Å². The van der Waals surface area contributed by atoms with Crippen molar-refractivity contribution >= 4 is 5.78 Å². The predicted octanol–water partition coefficient (Wildman–Crippen LogP) is 2.94. The lowest BCUT2D eigenvalue weighted by atomic mass is 9.68. The van der Waals surface area contributed by atoms with E-state index in [1.165, 1.54) is 25.7 Å². The molecule has 12 heavy (non-hydrogen) atoms. The molecule has 2 aliphatic carbocycles. The van der Waals surface area contributed by atoms with Gasteiger partial charge in [0, 0.05) is 12.8 Å². The number of Topliss-reactive ketones (excluding diaryl/α,β-unsaturated/α-hetero) is 1. The predicted molar refractivity (Wildman–Crippen MR) is 48.9 cm³/mol. The van der Waals surface area contributed by atoms with Crippen molar-refractivity contribution in [3.05, 3.63) is 0 Å². The Balaban J connectivity index is 2.13. The molecule has 1 heteroatoms. The Bertz CT molecular complexity index is 197. The van der Waals surface area contributed by atoms with Gasteiger partial charge in [-0.3, -0.25) is 4.79 Å². The van der Waals surface area contributed by atoms with Crippen LogP contribution in [0.5, 0.6) is 0 Å². The van der Waals surface area contributed by atoms with Gasteiger partial charge >= 0.3 is 0 Å². The monoisotopic (exact) mass is 166 g/mol. The maximum Gasteiger partial charge on any atom is 0.133 e. The van der Waals surface area contributed by atoms with E-state index in [1.54, 1.807) is 0 Å². The third-order valence-corrected chi connectivity index (χ3v) is 4.04. The van der Waals surface area contributed by atoms with Crippen LogP contribution in [0.25, 0.3) is 0 Å². The van der Waals surface area contributed by atoms with Crippen LogP contribution in [0.1, 0.15) is 51.9 Å². The van der Waals surface area contributed by atoms with E-state index in [9.17, 15) is 4.79 Å². The second kappa shape index (κ2) is 2.86. The molecular formula is C11H18O. The number of ketones is 1. The Labute approximate surface area is 74.5 Å². The van der Waals surface area contributed by atoms with Crippen LogP contribution in [0.3, 0.4) is 0 Å². The topological polar surface area (TPSA) is 17.1 Å². The zero-order valence-corrected chi connectivity index (χ0v) is 7.94. The molecule has 68 valence electrons. The third kappa shape index (κ3) is 1.19. The van der Waals surface area contributed by atoms with Crippen LogP contribution in [-0.2, 0) is 4.79 Å². The first-order chi connectivity index (χ1) is 5.73. The van der Waals surface area contributed by atoms with Gasteiger partial charge in [-0.25, -0.2) is 0 Å². The zero-order valence-electron chi connectivity index (χ0n) is 7.94. The molecule has 0 saturated heterocycles. The van der Waals surface area contributed by atoms with Gasteiger partial charge in [0.25, 0.3) is 0 Å². The number of hydrogen-bond donors (Lipinski definition) is 0. The minimum absolute atomic E-state index is 0.454. The summed E-state index contributed by atoms with van der Waals surface area (Å²) >= 11 is 0. The molecule has 0 unspecified atom stereocenters. The first-order valence-corrected chi connectivity index (χ1v) is 5.25. The van der Waals surface area contributed by atoms with Crippen molar-refractivity contribution in [3.8, 4) is 0 Å². The minimum atomic E-state index is 0.454. The van der Waals surface area contributed by atoms with Gasteiger partial charge in [-0.15, -0.1) is 0 Å². The van der Waals surface area contributed by atoms with Crippen molar-refractivity contribution in [1.29, 1.82) is 0 Å². The Morgan fingerprint density at radius 1 is 1.33 bits per heavy atom. The molecule has 2 rings (SSSR count). The summed E-state index contributed by atoms with van der Waals surface area (Å²) in [6, 6.07) is 0. The molecule has 1 spiro atoms. The second-order valence-corrected chi connectivity index (χ2v) is 4.72. The maximum atomic E-state index is 11.4. The van der Waals surface area contributed by atoms with E-state index in [1.807, 2.05) is 0 Å². The largest absolute Gasteiger partial charge is 0.300 e. The van der Waals surface area contributed by atoms with Crippen molar-refractivity contribution in [1.82, 2.24) is 0 Å². The fraction of sp³-hybridized carbons (Fsp3) is 0.909. The van der Waals surface area contributed by atoms with Crippen molar-refractivity contribution < 1.29 is 4.79 Å². The van der Waals surface area contributed by atoms with E-state index >= 15 is 0 Å². The molecule has 0 heterocycles. The van der Waals surface area contributed by atoms with Gasteiger partial charge in [0.15, 0.2) is 0 Å². The normalized spacial score (nSPS) is 42.4. The average molecular weight is 166 g/mol. The van der Waals surface area contributed by atoms with Gasteiger partial charge < -0.3 is 0 Å². The summed E-state index contributed by atoms with van der Waals surface area (Å²) in [5, 5.41) is 0. The molecular weight excluding hydrogens is 148 g/mol. The van der Waals surface area contributed by atoms with Crippen molar-refractivity contribution in [2.24, 2.45) is 11.3 Å². The minimum Gasteiger partial charge on any atom is -0.300 e. The highest BCUT2D eigenvalue weighted by molar-refractivity contribution is 5.80. The smallest absolute Gasteiger partial charge is 0.133 e. The highest BCUT2D eigenvalue weighted by Crippen LogP contribution is 2.51. The Morgan fingerprint density at radius 3 is 2.67 bits per heavy atom. The van der Waals surface area contributed by atoms with E-state index in [0.717, 1.165) is 25.2 Å². The van der Waals surface area contributed by atoms with Crippen molar-refractivity contribution in [2.45, 2.75) is 51.9 Å². The molecule has 1 nitrogen and oxygen atoms in total. The number of hydrogen-bond acceptors (Lipinski definition) is 1. The molecule has 0 N–H and O–H groups in total. The van der Waals surface area contributed by atoms with E-state index in [0.29, 0.717) is 11.2 Å². The van der Waals surface area contributed by atoms with Crippen LogP contribution in [0.15, 0.2) is 0 Å². The third-order valence-electron chi connectivity index (χ3n) is 4.04. The zero-order chi connectivity index (χ0) is 8.60. The van der Waals surface area contributed by atoms with Gasteiger partial charge in [-0.1, -0.05) is 19.8 Å². The lowest BCUT2D eigenvalue weighted by molar-refractivity contribution is -0.124. The summed E-state index contributed by atoms with van der Waals surface area (Å²) in [7, 11) is 0. The molecule has 0 bridgehead atoms. The Kier molecular flexibility index (Phi) is 1.97. The van der Waals surface area contributed by atoms with Gasteiger partial charge in [0.1, 0.15) is 5.78 Å². The average Bonchev–Trinajstić information content (AvgIpc) is 2.33. The van der Waals surface area contributed by atoms with Gasteiger partial charge in [-0.2, -0.15) is 0 Å². The van der Waals surface area contributed by atoms with Crippen LogP contribution >= 0.6 is 0 Å².